The van der Waals surface area contributed by atoms with E-state index >= 15 is 0 Å². The van der Waals surface area contributed by atoms with E-state index in [-0.39, 0.29) is 24.0 Å². The standard InChI is InChI=1S/C15H23N5O.HI/c1-13-17-8-10-20(13)9-4-3-7-18-15(16-2)19-12-14-6-5-11-21-14;/h5-6,8,10-11H,3-4,7,9,12H2,1-2H3,(H2,16,18,19);1H. The van der Waals surface area contributed by atoms with Crippen LogP contribution in [0.15, 0.2) is 40.2 Å². The highest BCUT2D eigenvalue weighted by molar-refractivity contribution is 14.0. The normalized spacial score (nSPS) is 11.1. The molecule has 0 saturated heterocycles. The maximum atomic E-state index is 5.27. The molecule has 0 aromatic carbocycles. The highest BCUT2D eigenvalue weighted by Gasteiger charge is 2.00. The summed E-state index contributed by atoms with van der Waals surface area (Å²) >= 11 is 0. The van der Waals surface area contributed by atoms with Gasteiger partial charge in [0.05, 0.1) is 12.8 Å². The zero-order valence-electron chi connectivity index (χ0n) is 13.1. The third-order valence-corrected chi connectivity index (χ3v) is 3.28. The number of hydrogen-bond acceptors (Lipinski definition) is 3. The number of aliphatic imine (C=N–C) groups is 1. The first-order chi connectivity index (χ1) is 10.3. The number of furan rings is 1. The number of halogens is 1. The summed E-state index contributed by atoms with van der Waals surface area (Å²) in [6.07, 6.45) is 7.73. The molecule has 2 N–H and O–H groups in total. The molecule has 2 heterocycles. The van der Waals surface area contributed by atoms with Crippen molar-refractivity contribution in [1.29, 1.82) is 0 Å². The number of unbranched alkanes of at least 4 members (excludes halogenated alkanes) is 1. The monoisotopic (exact) mass is 417 g/mol. The first kappa shape index (κ1) is 18.5. The number of nitrogens with zero attached hydrogens (tertiary/aromatic N) is 3. The van der Waals surface area contributed by atoms with Crippen LogP contribution in [-0.2, 0) is 13.1 Å². The van der Waals surface area contributed by atoms with E-state index in [1.165, 1.54) is 0 Å². The Morgan fingerprint density at radius 1 is 1.36 bits per heavy atom. The summed E-state index contributed by atoms with van der Waals surface area (Å²) in [6.45, 7) is 4.57. The highest BCUT2D eigenvalue weighted by Crippen LogP contribution is 2.00. The minimum atomic E-state index is 0. The van der Waals surface area contributed by atoms with Gasteiger partial charge in [-0.25, -0.2) is 4.98 Å². The van der Waals surface area contributed by atoms with E-state index in [9.17, 15) is 0 Å². The van der Waals surface area contributed by atoms with Gasteiger partial charge in [0.25, 0.3) is 0 Å². The molecule has 122 valence electrons. The van der Waals surface area contributed by atoms with E-state index in [4.69, 9.17) is 4.42 Å². The Kier molecular flexibility index (Phi) is 8.64. The average molecular weight is 417 g/mol. The number of nitrogens with one attached hydrogen (secondary N) is 2. The lowest BCUT2D eigenvalue weighted by atomic mass is 10.3. The lowest BCUT2D eigenvalue weighted by Crippen LogP contribution is -2.37. The molecule has 0 amide bonds. The average Bonchev–Trinajstić information content (AvgIpc) is 3.14. The van der Waals surface area contributed by atoms with E-state index in [0.29, 0.717) is 6.54 Å². The van der Waals surface area contributed by atoms with Crippen LogP contribution in [0.25, 0.3) is 0 Å². The molecule has 7 heteroatoms. The van der Waals surface area contributed by atoms with Crippen molar-refractivity contribution >= 4 is 29.9 Å². The van der Waals surface area contributed by atoms with E-state index in [1.54, 1.807) is 13.3 Å². The van der Waals surface area contributed by atoms with Crippen LogP contribution in [0, 0.1) is 6.92 Å². The molecule has 0 unspecified atom stereocenters. The smallest absolute Gasteiger partial charge is 0.191 e. The van der Waals surface area contributed by atoms with Crippen molar-refractivity contribution in [2.45, 2.75) is 32.9 Å². The lowest BCUT2D eigenvalue weighted by molar-refractivity contribution is 0.501. The predicted molar refractivity (Wildman–Crippen MR) is 98.5 cm³/mol. The molecule has 0 radical (unpaired) electrons. The number of aromatic nitrogens is 2. The molecule has 6 nitrogen and oxygen atoms in total. The Hall–Kier alpha value is -1.51. The fourth-order valence-corrected chi connectivity index (χ4v) is 2.06. The van der Waals surface area contributed by atoms with Crippen molar-refractivity contribution in [1.82, 2.24) is 20.2 Å². The van der Waals surface area contributed by atoms with Crippen LogP contribution >= 0.6 is 24.0 Å². The molecule has 2 aromatic rings. The maximum Gasteiger partial charge on any atom is 0.191 e. The molecular weight excluding hydrogens is 393 g/mol. The van der Waals surface area contributed by atoms with Gasteiger partial charge in [0.1, 0.15) is 11.6 Å². The van der Waals surface area contributed by atoms with Crippen LogP contribution in [0.1, 0.15) is 24.4 Å². The Bertz CT molecular complexity index is 550. The molecule has 0 saturated carbocycles. The third kappa shape index (κ3) is 6.08. The van der Waals surface area contributed by atoms with Crippen LogP contribution in [-0.4, -0.2) is 29.1 Å². The Morgan fingerprint density at radius 3 is 2.86 bits per heavy atom. The van der Waals surface area contributed by atoms with Crippen LogP contribution in [0.4, 0.5) is 0 Å². The van der Waals surface area contributed by atoms with Gasteiger partial charge in [0.2, 0.25) is 0 Å². The van der Waals surface area contributed by atoms with Gasteiger partial charge in [0, 0.05) is 32.5 Å². The van der Waals surface area contributed by atoms with Crippen LogP contribution < -0.4 is 10.6 Å². The summed E-state index contributed by atoms with van der Waals surface area (Å²) in [7, 11) is 1.77. The van der Waals surface area contributed by atoms with Crippen LogP contribution in [0.3, 0.4) is 0 Å². The predicted octanol–water partition coefficient (Wildman–Crippen LogP) is 2.55. The minimum Gasteiger partial charge on any atom is -0.467 e. The van der Waals surface area contributed by atoms with E-state index in [2.05, 4.69) is 25.2 Å². The summed E-state index contributed by atoms with van der Waals surface area (Å²) in [6, 6.07) is 3.82. The van der Waals surface area contributed by atoms with Crippen molar-refractivity contribution in [3.8, 4) is 0 Å². The summed E-state index contributed by atoms with van der Waals surface area (Å²) in [5, 5.41) is 6.51. The fourth-order valence-electron chi connectivity index (χ4n) is 2.06. The Labute approximate surface area is 148 Å². The van der Waals surface area contributed by atoms with Crippen molar-refractivity contribution in [2.24, 2.45) is 4.99 Å². The molecule has 2 aromatic heterocycles. The quantitative estimate of drug-likeness (QED) is 0.315. The molecule has 0 aliphatic heterocycles. The van der Waals surface area contributed by atoms with Crippen molar-refractivity contribution in [2.75, 3.05) is 13.6 Å². The zero-order chi connectivity index (χ0) is 14.9. The number of imidazole rings is 1. The number of aryl methyl sites for hydroxylation is 2. The summed E-state index contributed by atoms with van der Waals surface area (Å²) in [5.74, 6) is 2.76. The summed E-state index contributed by atoms with van der Waals surface area (Å²) < 4.78 is 7.44. The second kappa shape index (κ2) is 10.3. The molecule has 0 aliphatic rings. The number of guanidine groups is 1. The minimum absolute atomic E-state index is 0. The van der Waals surface area contributed by atoms with Gasteiger partial charge >= 0.3 is 0 Å². The second-order valence-corrected chi connectivity index (χ2v) is 4.81. The van der Waals surface area contributed by atoms with Crippen LogP contribution in [0.5, 0.6) is 0 Å². The molecule has 0 bridgehead atoms. The van der Waals surface area contributed by atoms with Gasteiger partial charge in [-0.2, -0.15) is 0 Å². The molecule has 0 fully saturated rings. The molecular formula is C15H24IN5O. The maximum absolute atomic E-state index is 5.27. The van der Waals surface area contributed by atoms with Crippen molar-refractivity contribution < 1.29 is 4.42 Å². The summed E-state index contributed by atoms with van der Waals surface area (Å²) in [4.78, 5) is 8.40. The zero-order valence-corrected chi connectivity index (χ0v) is 15.4. The van der Waals surface area contributed by atoms with Gasteiger partial charge in [-0.05, 0) is 31.9 Å². The lowest BCUT2D eigenvalue weighted by Gasteiger charge is -2.11. The van der Waals surface area contributed by atoms with E-state index in [0.717, 1.165) is 43.5 Å². The number of hydrogen-bond donors (Lipinski definition) is 2. The van der Waals surface area contributed by atoms with E-state index in [1.807, 2.05) is 31.5 Å². The van der Waals surface area contributed by atoms with Gasteiger partial charge in [-0.1, -0.05) is 0 Å². The second-order valence-electron chi connectivity index (χ2n) is 4.81. The largest absolute Gasteiger partial charge is 0.467 e. The molecule has 0 spiro atoms. The number of rotatable bonds is 7. The van der Waals surface area contributed by atoms with Gasteiger partial charge in [0.15, 0.2) is 5.96 Å². The van der Waals surface area contributed by atoms with Gasteiger partial charge in [-0.3, -0.25) is 4.99 Å². The van der Waals surface area contributed by atoms with Gasteiger partial charge < -0.3 is 19.6 Å². The Balaban J connectivity index is 0.00000242. The molecule has 0 atom stereocenters. The highest BCUT2D eigenvalue weighted by atomic mass is 127. The fraction of sp³-hybridized carbons (Fsp3) is 0.467. The van der Waals surface area contributed by atoms with Crippen molar-refractivity contribution in [3.63, 3.8) is 0 Å². The molecule has 22 heavy (non-hydrogen) atoms. The topological polar surface area (TPSA) is 67.4 Å². The van der Waals surface area contributed by atoms with Crippen molar-refractivity contribution in [3.05, 3.63) is 42.4 Å². The first-order valence-electron chi connectivity index (χ1n) is 7.24. The molecule has 0 aliphatic carbocycles. The SMILES string of the molecule is CN=C(NCCCCn1ccnc1C)NCc1ccco1.I. The molecule has 2 rings (SSSR count). The van der Waals surface area contributed by atoms with E-state index < -0.39 is 0 Å². The van der Waals surface area contributed by atoms with Crippen LogP contribution in [0.2, 0.25) is 0 Å². The third-order valence-electron chi connectivity index (χ3n) is 3.28. The Morgan fingerprint density at radius 2 is 2.23 bits per heavy atom. The first-order valence-corrected chi connectivity index (χ1v) is 7.24. The summed E-state index contributed by atoms with van der Waals surface area (Å²) in [5.41, 5.74) is 0. The van der Waals surface area contributed by atoms with Gasteiger partial charge in [-0.15, -0.1) is 24.0 Å².